The van der Waals surface area contributed by atoms with Gasteiger partial charge in [-0.3, -0.25) is 5.32 Å². The van der Waals surface area contributed by atoms with Crippen LogP contribution in [0.1, 0.15) is 11.5 Å². The molecule has 0 saturated heterocycles. The van der Waals surface area contributed by atoms with Gasteiger partial charge in [0, 0.05) is 5.39 Å². The Morgan fingerprint density at radius 1 is 1.00 bits per heavy atom. The van der Waals surface area contributed by atoms with Gasteiger partial charge in [-0.25, -0.2) is 18.8 Å². The monoisotopic (exact) mass is 421 g/mol. The second kappa shape index (κ2) is 7.89. The normalized spacial score (nSPS) is 21.8. The molecule has 4 rings (SSSR count). The Morgan fingerprint density at radius 2 is 1.70 bits per heavy atom. The molecule has 2 heterocycles. The van der Waals surface area contributed by atoms with Crippen LogP contribution in [0, 0.1) is 5.82 Å². The average Bonchev–Trinajstić information content (AvgIpc) is 2.73. The number of aliphatic imine (C=N–C) groups is 1. The summed E-state index contributed by atoms with van der Waals surface area (Å²) in [6.45, 7) is -1.14. The third-order valence-corrected chi connectivity index (χ3v) is 4.83. The van der Waals surface area contributed by atoms with Crippen LogP contribution in [0.25, 0.3) is 10.9 Å². The Balaban J connectivity index is 1.71. The molecule has 2 aromatic carbocycles. The van der Waals surface area contributed by atoms with Crippen molar-refractivity contribution in [2.45, 2.75) is 24.2 Å². The Kier molecular flexibility index (Phi) is 5.27. The highest BCUT2D eigenvalue weighted by Crippen LogP contribution is 2.40. The summed E-state index contributed by atoms with van der Waals surface area (Å²) >= 11 is 0. The van der Waals surface area contributed by atoms with Crippen LogP contribution in [0.5, 0.6) is 0 Å². The second-order valence-electron chi connectivity index (χ2n) is 6.81. The highest BCUT2D eigenvalue weighted by atomic mass is 19.4. The zero-order valence-corrected chi connectivity index (χ0v) is 15.4. The van der Waals surface area contributed by atoms with Crippen molar-refractivity contribution in [2.24, 2.45) is 4.99 Å². The highest BCUT2D eigenvalue weighted by Gasteiger charge is 2.53. The van der Waals surface area contributed by atoms with E-state index in [9.17, 15) is 22.0 Å². The summed E-state index contributed by atoms with van der Waals surface area (Å²) in [6.07, 6.45) is -7.16. The first-order chi connectivity index (χ1) is 14.4. The van der Waals surface area contributed by atoms with Crippen LogP contribution in [-0.4, -0.2) is 36.0 Å². The molecule has 0 bridgehead atoms. The second-order valence-corrected chi connectivity index (χ2v) is 6.81. The summed E-state index contributed by atoms with van der Waals surface area (Å²) in [5, 5.41) is 2.87. The molecule has 1 N–H and O–H groups in total. The van der Waals surface area contributed by atoms with Crippen molar-refractivity contribution in [3.63, 3.8) is 0 Å². The number of hydrogen-bond acceptors (Lipinski definition) is 4. The number of anilines is 1. The molecular weight excluding hydrogens is 405 g/mol. The van der Waals surface area contributed by atoms with E-state index < -0.39 is 42.8 Å². The highest BCUT2D eigenvalue weighted by molar-refractivity contribution is 5.91. The number of alkyl halides is 4. The summed E-state index contributed by atoms with van der Waals surface area (Å²) in [7, 11) is 0. The van der Waals surface area contributed by atoms with Crippen molar-refractivity contribution in [1.82, 2.24) is 4.98 Å². The first-order valence-electron chi connectivity index (χ1n) is 9.11. The van der Waals surface area contributed by atoms with Gasteiger partial charge in [-0.2, -0.15) is 13.2 Å². The molecule has 0 aliphatic carbocycles. The fourth-order valence-electron chi connectivity index (χ4n) is 3.47. The molecule has 0 amide bonds. The number of rotatable bonds is 3. The molecule has 30 heavy (non-hydrogen) atoms. The molecule has 156 valence electrons. The van der Waals surface area contributed by atoms with E-state index in [1.165, 1.54) is 18.2 Å². The maximum absolute atomic E-state index is 14.4. The fraction of sp³-hybridized carbons (Fsp3) is 0.238. The van der Waals surface area contributed by atoms with Crippen LogP contribution in [0.2, 0.25) is 0 Å². The molecule has 3 atom stereocenters. The van der Waals surface area contributed by atoms with Gasteiger partial charge >= 0.3 is 6.18 Å². The number of pyridine rings is 1. The van der Waals surface area contributed by atoms with Gasteiger partial charge in [0.2, 0.25) is 6.10 Å². The van der Waals surface area contributed by atoms with Crippen LogP contribution in [-0.2, 0) is 4.74 Å². The minimum Gasteiger partial charge on any atom is -0.451 e. The maximum Gasteiger partial charge on any atom is 0.426 e. The van der Waals surface area contributed by atoms with Gasteiger partial charge < -0.3 is 4.74 Å². The van der Waals surface area contributed by atoms with E-state index in [2.05, 4.69) is 15.3 Å². The molecule has 1 aliphatic rings. The van der Waals surface area contributed by atoms with Crippen molar-refractivity contribution in [1.29, 1.82) is 0 Å². The van der Waals surface area contributed by atoms with E-state index in [1.807, 2.05) is 0 Å². The summed E-state index contributed by atoms with van der Waals surface area (Å²) in [4.78, 5) is 8.00. The first kappa shape index (κ1) is 20.1. The summed E-state index contributed by atoms with van der Waals surface area (Å²) in [5.41, 5.74) is 0.676. The van der Waals surface area contributed by atoms with E-state index in [0.29, 0.717) is 10.9 Å². The van der Waals surface area contributed by atoms with Gasteiger partial charge in [-0.05, 0) is 17.7 Å². The van der Waals surface area contributed by atoms with Crippen LogP contribution in [0.4, 0.5) is 27.8 Å². The molecule has 3 aromatic rings. The number of nitrogens with zero attached hydrogens (tertiary/aromatic N) is 2. The van der Waals surface area contributed by atoms with Crippen molar-refractivity contribution in [2.75, 3.05) is 12.0 Å². The molecule has 4 nitrogen and oxygen atoms in total. The minimum atomic E-state index is -4.80. The zero-order valence-electron chi connectivity index (χ0n) is 15.4. The quantitative estimate of drug-likeness (QED) is 0.590. The van der Waals surface area contributed by atoms with Gasteiger partial charge in [-0.15, -0.1) is 0 Å². The Hall–Kier alpha value is -3.23. The van der Waals surface area contributed by atoms with Gasteiger partial charge in [0.15, 0.2) is 11.6 Å². The van der Waals surface area contributed by atoms with E-state index in [0.717, 1.165) is 0 Å². The van der Waals surface area contributed by atoms with Gasteiger partial charge in [-0.1, -0.05) is 48.5 Å². The van der Waals surface area contributed by atoms with Crippen molar-refractivity contribution >= 4 is 22.7 Å². The smallest absolute Gasteiger partial charge is 0.426 e. The standard InChI is InChI=1S/C21H16F5N3O/c22-11-16-17(12-6-2-1-3-7-12)18(21(24,25)26)30-20(28-16)29-19-14(23)10-13-8-4-5-9-15(13)27-19/h1-10,16-18H,11H2,(H,27,28,29). The molecule has 3 unspecified atom stereocenters. The fourth-order valence-corrected chi connectivity index (χ4v) is 3.47. The van der Waals surface area contributed by atoms with E-state index in [4.69, 9.17) is 4.74 Å². The predicted molar refractivity (Wildman–Crippen MR) is 103 cm³/mol. The van der Waals surface area contributed by atoms with Gasteiger partial charge in [0.1, 0.15) is 6.67 Å². The lowest BCUT2D eigenvalue weighted by Crippen LogP contribution is -2.48. The van der Waals surface area contributed by atoms with Gasteiger partial charge in [0.05, 0.1) is 17.5 Å². The molecule has 0 fully saturated rings. The molecule has 1 aliphatic heterocycles. The topological polar surface area (TPSA) is 46.5 Å². The minimum absolute atomic E-state index is 0.250. The Bertz CT molecular complexity index is 1070. The van der Waals surface area contributed by atoms with Crippen LogP contribution in [0.3, 0.4) is 0 Å². The number of hydrogen-bond donors (Lipinski definition) is 1. The van der Waals surface area contributed by atoms with Gasteiger partial charge in [0.25, 0.3) is 6.02 Å². The molecule has 0 spiro atoms. The van der Waals surface area contributed by atoms with Crippen molar-refractivity contribution in [3.8, 4) is 0 Å². The van der Waals surface area contributed by atoms with Crippen molar-refractivity contribution in [3.05, 3.63) is 72.0 Å². The number of aromatic nitrogens is 1. The van der Waals surface area contributed by atoms with Crippen LogP contribution >= 0.6 is 0 Å². The largest absolute Gasteiger partial charge is 0.451 e. The Labute approximate surface area is 168 Å². The summed E-state index contributed by atoms with van der Waals surface area (Å²) < 4.78 is 74.5. The average molecular weight is 421 g/mol. The number of para-hydroxylation sites is 1. The van der Waals surface area contributed by atoms with Crippen LogP contribution in [0.15, 0.2) is 65.7 Å². The number of nitrogens with one attached hydrogen (secondary N) is 1. The number of halogens is 5. The molecule has 9 heteroatoms. The zero-order chi connectivity index (χ0) is 21.3. The van der Waals surface area contributed by atoms with Crippen molar-refractivity contribution < 1.29 is 26.7 Å². The third kappa shape index (κ3) is 3.92. The van der Waals surface area contributed by atoms with Crippen LogP contribution < -0.4 is 5.32 Å². The van der Waals surface area contributed by atoms with E-state index >= 15 is 0 Å². The van der Waals surface area contributed by atoms with E-state index in [-0.39, 0.29) is 11.4 Å². The SMILES string of the molecule is FCC1N=C(Nc2nc3ccccc3cc2F)OC(C(F)(F)F)C1c1ccccc1. The molecular formula is C21H16F5N3O. The number of benzene rings is 2. The number of amidine groups is 1. The number of ether oxygens (including phenoxy) is 1. The molecule has 0 saturated carbocycles. The molecule has 0 radical (unpaired) electrons. The Morgan fingerprint density at radius 3 is 2.40 bits per heavy atom. The number of fused-ring (bicyclic) bond motifs is 1. The lowest BCUT2D eigenvalue weighted by Gasteiger charge is -2.36. The lowest BCUT2D eigenvalue weighted by atomic mass is 9.86. The van der Waals surface area contributed by atoms with E-state index in [1.54, 1.807) is 42.5 Å². The first-order valence-corrected chi connectivity index (χ1v) is 9.11. The summed E-state index contributed by atoms with van der Waals surface area (Å²) in [6, 6.07) is 13.6. The summed E-state index contributed by atoms with van der Waals surface area (Å²) in [5.74, 6) is -2.54. The predicted octanol–water partition coefficient (Wildman–Crippen LogP) is 5.22. The third-order valence-electron chi connectivity index (χ3n) is 4.83. The maximum atomic E-state index is 14.4. The lowest BCUT2D eigenvalue weighted by molar-refractivity contribution is -0.210. The molecule has 1 aromatic heterocycles.